The Morgan fingerprint density at radius 2 is 2.15 bits per heavy atom. The predicted molar refractivity (Wildman–Crippen MR) is 164 cm³/mol. The lowest BCUT2D eigenvalue weighted by atomic mass is 9.79. The molecule has 4 atom stereocenters. The predicted octanol–water partition coefficient (Wildman–Crippen LogP) is 5.37. The largest absolute Gasteiger partial charge is 0.462 e. The van der Waals surface area contributed by atoms with Crippen molar-refractivity contribution in [1.29, 1.82) is 0 Å². The van der Waals surface area contributed by atoms with Crippen molar-refractivity contribution in [2.45, 2.75) is 89.5 Å². The number of hydrazone groups is 1. The number of amidine groups is 1. The van der Waals surface area contributed by atoms with Crippen LogP contribution in [0.4, 0.5) is 8.78 Å². The highest BCUT2D eigenvalue weighted by atomic mass is 32.2. The fraction of sp³-hybridized carbons (Fsp3) is 0.581. The molecule has 1 aliphatic carbocycles. The van der Waals surface area contributed by atoms with E-state index in [1.807, 2.05) is 26.3 Å². The Kier molecular flexibility index (Phi) is 7.98. The number of hydrogen-bond donors (Lipinski definition) is 2. The molecule has 0 saturated carbocycles. The highest BCUT2D eigenvalue weighted by Gasteiger charge is 2.49. The van der Waals surface area contributed by atoms with Crippen molar-refractivity contribution in [3.05, 3.63) is 50.8 Å². The summed E-state index contributed by atoms with van der Waals surface area (Å²) in [6.07, 6.45) is 6.51. The van der Waals surface area contributed by atoms with E-state index < -0.39 is 6.17 Å². The van der Waals surface area contributed by atoms with E-state index in [1.165, 1.54) is 0 Å². The zero-order valence-corrected chi connectivity index (χ0v) is 25.2. The number of aliphatic imine (C=N–C) groups is 2. The first-order valence-corrected chi connectivity index (χ1v) is 15.8. The summed E-state index contributed by atoms with van der Waals surface area (Å²) in [7, 11) is 1.93. The summed E-state index contributed by atoms with van der Waals surface area (Å²) in [5, 5.41) is 8.81. The van der Waals surface area contributed by atoms with Crippen molar-refractivity contribution in [1.82, 2.24) is 15.6 Å². The zero-order valence-electron chi connectivity index (χ0n) is 24.4. The molecule has 0 spiro atoms. The normalized spacial score (nSPS) is 29.4. The minimum atomic E-state index is -0.792. The summed E-state index contributed by atoms with van der Waals surface area (Å²) in [5.41, 5.74) is 8.95. The third-order valence-corrected chi connectivity index (χ3v) is 10.3. The molecule has 4 aliphatic heterocycles. The number of benzene rings is 1. The van der Waals surface area contributed by atoms with E-state index in [2.05, 4.69) is 39.6 Å². The Bertz CT molecular complexity index is 1370. The number of nitrogens with zero attached hydrogens (tertiary/aromatic N) is 4. The molecular formula is C31H40F2N6OS. The van der Waals surface area contributed by atoms with Gasteiger partial charge in [0, 0.05) is 42.5 Å². The van der Waals surface area contributed by atoms with Crippen LogP contribution in [0.2, 0.25) is 0 Å². The van der Waals surface area contributed by atoms with Gasteiger partial charge in [-0.1, -0.05) is 31.7 Å². The standard InChI is InChI=1S/C31H40F2N6OS/c1-5-21-23(33)9-8-19-13-24-22(15-35-38-24)28(27(19)21)29(34-4)25(6-2)41-26-12-18(3)36-30(37-26)40-17-31-10-7-11-39(31)16-20(32)14-31/h8-9,15,18,20,24,34,38H,5-7,10-14,16-17H2,1-4H3/b29-25+/t18?,20-,24?,31+/m1/s1. The van der Waals surface area contributed by atoms with Gasteiger partial charge in [0.2, 0.25) is 0 Å². The second-order valence-corrected chi connectivity index (χ2v) is 12.9. The smallest absolute Gasteiger partial charge is 0.312 e. The second-order valence-electron chi connectivity index (χ2n) is 11.7. The van der Waals surface area contributed by atoms with Crippen LogP contribution >= 0.6 is 11.8 Å². The monoisotopic (exact) mass is 582 g/mol. The first kappa shape index (κ1) is 28.4. The van der Waals surface area contributed by atoms with Crippen LogP contribution in [-0.2, 0) is 17.6 Å². The maximum atomic E-state index is 15.1. The summed E-state index contributed by atoms with van der Waals surface area (Å²) in [4.78, 5) is 12.9. The van der Waals surface area contributed by atoms with Crippen LogP contribution in [0.5, 0.6) is 0 Å². The number of hydrogen-bond acceptors (Lipinski definition) is 8. The molecule has 1 aromatic rings. The van der Waals surface area contributed by atoms with Crippen molar-refractivity contribution in [2.24, 2.45) is 15.1 Å². The number of halogens is 2. The van der Waals surface area contributed by atoms with Gasteiger partial charge in [-0.3, -0.25) is 4.90 Å². The zero-order chi connectivity index (χ0) is 28.7. The minimum Gasteiger partial charge on any atom is -0.462 e. The van der Waals surface area contributed by atoms with E-state index in [4.69, 9.17) is 9.73 Å². The Labute approximate surface area is 245 Å². The fourth-order valence-corrected chi connectivity index (χ4v) is 8.36. The highest BCUT2D eigenvalue weighted by Crippen LogP contribution is 2.43. The van der Waals surface area contributed by atoms with Gasteiger partial charge in [0.05, 0.1) is 34.6 Å². The Balaban J connectivity index is 1.32. The van der Waals surface area contributed by atoms with Gasteiger partial charge in [-0.05, 0) is 68.3 Å². The quantitative estimate of drug-likeness (QED) is 0.452. The van der Waals surface area contributed by atoms with Crippen molar-refractivity contribution >= 4 is 34.6 Å². The number of fused-ring (bicyclic) bond motifs is 3. The van der Waals surface area contributed by atoms with Crippen LogP contribution in [0, 0.1) is 5.82 Å². The molecule has 41 heavy (non-hydrogen) atoms. The molecule has 2 unspecified atom stereocenters. The summed E-state index contributed by atoms with van der Waals surface area (Å²) in [6, 6.07) is 4.00. The number of alkyl halides is 1. The number of allylic oxidation sites excluding steroid dienone is 2. The lowest BCUT2D eigenvalue weighted by molar-refractivity contribution is 0.105. The SMILES string of the molecule is CC/C(SC1=NC(OC[C@@]23CCCN2C[C@H](F)C3)=NC(C)C1)=C(\NC)C1=C2C=NNC2Cc2ccc(F)c(CC)c21. The third kappa shape index (κ3) is 5.22. The van der Waals surface area contributed by atoms with Gasteiger partial charge in [-0.25, -0.2) is 13.8 Å². The van der Waals surface area contributed by atoms with Crippen LogP contribution in [0.1, 0.15) is 69.6 Å². The van der Waals surface area contributed by atoms with Gasteiger partial charge in [0.1, 0.15) is 18.6 Å². The number of ether oxygens (including phenoxy) is 1. The molecule has 2 saturated heterocycles. The summed E-state index contributed by atoms with van der Waals surface area (Å²) in [5.74, 6) is -0.169. The van der Waals surface area contributed by atoms with Crippen LogP contribution in [-0.4, -0.2) is 72.7 Å². The lowest BCUT2D eigenvalue weighted by Crippen LogP contribution is -2.43. The highest BCUT2D eigenvalue weighted by molar-refractivity contribution is 8.17. The molecule has 0 bridgehead atoms. The molecule has 10 heteroatoms. The number of nitrogens with one attached hydrogen (secondary N) is 2. The first-order chi connectivity index (χ1) is 19.9. The van der Waals surface area contributed by atoms with Crippen LogP contribution < -0.4 is 10.7 Å². The molecule has 2 N–H and O–H groups in total. The molecule has 0 aromatic heterocycles. The van der Waals surface area contributed by atoms with E-state index in [-0.39, 0.29) is 23.4 Å². The Morgan fingerprint density at radius 3 is 2.93 bits per heavy atom. The van der Waals surface area contributed by atoms with Crippen molar-refractivity contribution in [3.63, 3.8) is 0 Å². The summed E-state index contributed by atoms with van der Waals surface area (Å²) >= 11 is 1.65. The van der Waals surface area contributed by atoms with E-state index in [0.29, 0.717) is 38.4 Å². The van der Waals surface area contributed by atoms with Gasteiger partial charge in [0.25, 0.3) is 0 Å². The van der Waals surface area contributed by atoms with Gasteiger partial charge >= 0.3 is 6.02 Å². The maximum absolute atomic E-state index is 15.1. The van der Waals surface area contributed by atoms with Crippen LogP contribution in [0.25, 0.3) is 5.57 Å². The summed E-state index contributed by atoms with van der Waals surface area (Å²) in [6.45, 7) is 8.07. The topological polar surface area (TPSA) is 73.6 Å². The number of rotatable bonds is 7. The molecule has 0 amide bonds. The maximum Gasteiger partial charge on any atom is 0.312 e. The molecule has 4 heterocycles. The number of likely N-dealkylation sites (N-methyl/N-ethyl adjacent to an activating group) is 1. The van der Waals surface area contributed by atoms with Gasteiger partial charge < -0.3 is 15.5 Å². The van der Waals surface area contributed by atoms with Gasteiger partial charge in [-0.15, -0.1) is 0 Å². The average molecular weight is 583 g/mol. The van der Waals surface area contributed by atoms with Gasteiger partial charge in [-0.2, -0.15) is 10.1 Å². The number of thioether (sulfide) groups is 1. The lowest BCUT2D eigenvalue weighted by Gasteiger charge is -2.31. The molecule has 2 fully saturated rings. The van der Waals surface area contributed by atoms with E-state index in [0.717, 1.165) is 75.7 Å². The summed E-state index contributed by atoms with van der Waals surface area (Å²) < 4.78 is 35.6. The molecule has 7 nitrogen and oxygen atoms in total. The second kappa shape index (κ2) is 11.5. The minimum absolute atomic E-state index is 0.0320. The first-order valence-electron chi connectivity index (χ1n) is 15.0. The Hall–Kier alpha value is -2.72. The molecule has 220 valence electrons. The van der Waals surface area contributed by atoms with Gasteiger partial charge in [0.15, 0.2) is 0 Å². The molecule has 0 radical (unpaired) electrons. The molecule has 6 rings (SSSR count). The van der Waals surface area contributed by atoms with E-state index in [1.54, 1.807) is 17.8 Å². The molecule has 5 aliphatic rings. The third-order valence-electron chi connectivity index (χ3n) is 9.06. The van der Waals surface area contributed by atoms with E-state index >= 15 is 4.39 Å². The average Bonchev–Trinajstić information content (AvgIpc) is 3.65. The fourth-order valence-electron chi connectivity index (χ4n) is 7.18. The van der Waals surface area contributed by atoms with Crippen molar-refractivity contribution in [2.75, 3.05) is 26.7 Å². The van der Waals surface area contributed by atoms with Crippen molar-refractivity contribution in [3.8, 4) is 0 Å². The van der Waals surface area contributed by atoms with E-state index in [9.17, 15) is 4.39 Å². The Morgan fingerprint density at radius 1 is 1.29 bits per heavy atom. The van der Waals surface area contributed by atoms with Crippen molar-refractivity contribution < 1.29 is 13.5 Å². The molecular weight excluding hydrogens is 542 g/mol. The molecule has 1 aromatic carbocycles. The van der Waals surface area contributed by atoms with Crippen LogP contribution in [0.15, 0.2) is 43.4 Å². The van der Waals surface area contributed by atoms with Crippen LogP contribution in [0.3, 0.4) is 0 Å².